The average molecular weight is 482 g/mol. The summed E-state index contributed by atoms with van der Waals surface area (Å²) >= 11 is 0. The number of hydrogen-bond acceptors (Lipinski definition) is 7. The highest BCUT2D eigenvalue weighted by molar-refractivity contribution is 5.87. The predicted octanol–water partition coefficient (Wildman–Crippen LogP) is 1.86. The predicted molar refractivity (Wildman–Crippen MR) is 129 cm³/mol. The molecule has 0 bridgehead atoms. The number of rotatable bonds is 7. The van der Waals surface area contributed by atoms with Crippen LogP contribution in [-0.4, -0.2) is 81.4 Å². The Bertz CT molecular complexity index is 1240. The molecule has 10 heteroatoms. The monoisotopic (exact) mass is 481 g/mol. The lowest BCUT2D eigenvalue weighted by molar-refractivity contribution is -0.126. The Morgan fingerprint density at radius 1 is 1.37 bits per heavy atom. The molecule has 1 saturated heterocycles. The van der Waals surface area contributed by atoms with Gasteiger partial charge in [-0.25, -0.2) is 4.52 Å². The molecule has 1 N–H and O–H groups in total. The molecule has 2 aliphatic heterocycles. The number of amides is 1. The standard InChI is InChI=1S/C25H31N5O5/c1-4-23(32)28-7-5-19-16(2)24(27-29(19)9-8-28)18-11-20(25-21(33-3)12-26-30(25)13-18)35-22(14-31)17-6-10-34-15-17/h4,11-13,17,22,31H,1,5-10,14-15H2,2-3H3. The molecule has 186 valence electrons. The van der Waals surface area contributed by atoms with Crippen molar-refractivity contribution < 1.29 is 24.1 Å². The molecule has 0 radical (unpaired) electrons. The maximum absolute atomic E-state index is 12.1. The van der Waals surface area contributed by atoms with E-state index >= 15 is 0 Å². The van der Waals surface area contributed by atoms with Gasteiger partial charge in [0, 0.05) is 49.5 Å². The van der Waals surface area contributed by atoms with E-state index in [1.807, 2.05) is 16.9 Å². The lowest BCUT2D eigenvalue weighted by atomic mass is 10.0. The van der Waals surface area contributed by atoms with Gasteiger partial charge in [0.15, 0.2) is 11.3 Å². The number of ether oxygens (including phenoxy) is 3. The third kappa shape index (κ3) is 4.28. The fraction of sp³-hybridized carbons (Fsp3) is 0.480. The van der Waals surface area contributed by atoms with Gasteiger partial charge < -0.3 is 24.2 Å². The summed E-state index contributed by atoms with van der Waals surface area (Å²) in [5.41, 5.74) is 4.57. The Morgan fingerprint density at radius 2 is 2.23 bits per heavy atom. The van der Waals surface area contributed by atoms with Crippen LogP contribution < -0.4 is 9.47 Å². The van der Waals surface area contributed by atoms with E-state index in [0.29, 0.717) is 56.3 Å². The highest BCUT2D eigenvalue weighted by Gasteiger charge is 2.29. The first-order valence-corrected chi connectivity index (χ1v) is 11.9. The largest absolute Gasteiger partial charge is 0.493 e. The minimum Gasteiger partial charge on any atom is -0.493 e. The van der Waals surface area contributed by atoms with Crippen LogP contribution in [-0.2, 0) is 22.5 Å². The third-order valence-corrected chi connectivity index (χ3v) is 6.99. The van der Waals surface area contributed by atoms with Crippen molar-refractivity contribution in [1.29, 1.82) is 0 Å². The van der Waals surface area contributed by atoms with Crippen LogP contribution in [0.15, 0.2) is 31.1 Å². The van der Waals surface area contributed by atoms with Gasteiger partial charge in [-0.3, -0.25) is 9.48 Å². The molecule has 2 atom stereocenters. The molecule has 35 heavy (non-hydrogen) atoms. The maximum atomic E-state index is 12.1. The number of fused-ring (bicyclic) bond motifs is 2. The zero-order valence-electron chi connectivity index (χ0n) is 20.1. The maximum Gasteiger partial charge on any atom is 0.246 e. The smallest absolute Gasteiger partial charge is 0.246 e. The van der Waals surface area contributed by atoms with Gasteiger partial charge in [0.05, 0.1) is 38.8 Å². The number of carbonyl (C=O) groups is 1. The Morgan fingerprint density at radius 3 is 2.94 bits per heavy atom. The van der Waals surface area contributed by atoms with Crippen LogP contribution in [0.5, 0.6) is 11.5 Å². The number of methoxy groups -OCH3 is 1. The fourth-order valence-corrected chi connectivity index (χ4v) is 5.00. The first-order valence-electron chi connectivity index (χ1n) is 11.9. The molecule has 3 aromatic rings. The van der Waals surface area contributed by atoms with Crippen molar-refractivity contribution in [2.24, 2.45) is 5.92 Å². The molecule has 2 aliphatic rings. The number of aliphatic hydroxyl groups is 1. The van der Waals surface area contributed by atoms with E-state index in [4.69, 9.17) is 19.3 Å². The minimum absolute atomic E-state index is 0.0559. The number of nitrogens with zero attached hydrogens (tertiary/aromatic N) is 5. The summed E-state index contributed by atoms with van der Waals surface area (Å²) in [5.74, 6) is 1.23. The summed E-state index contributed by atoms with van der Waals surface area (Å²) in [6.45, 7) is 8.61. The second-order valence-corrected chi connectivity index (χ2v) is 8.98. The lowest BCUT2D eigenvalue weighted by Gasteiger charge is -2.23. The van der Waals surface area contributed by atoms with Crippen molar-refractivity contribution in [3.63, 3.8) is 0 Å². The van der Waals surface area contributed by atoms with E-state index in [0.717, 1.165) is 28.9 Å². The van der Waals surface area contributed by atoms with E-state index in [1.165, 1.54) is 6.08 Å². The van der Waals surface area contributed by atoms with Gasteiger partial charge in [0.25, 0.3) is 0 Å². The molecule has 5 rings (SSSR count). The summed E-state index contributed by atoms with van der Waals surface area (Å²) in [7, 11) is 1.60. The topological polar surface area (TPSA) is 103 Å². The van der Waals surface area contributed by atoms with Crippen LogP contribution in [0.25, 0.3) is 16.8 Å². The van der Waals surface area contributed by atoms with E-state index in [1.54, 1.807) is 22.7 Å². The molecule has 0 spiro atoms. The Hall–Kier alpha value is -3.37. The van der Waals surface area contributed by atoms with Crippen LogP contribution >= 0.6 is 0 Å². The highest BCUT2D eigenvalue weighted by Crippen LogP contribution is 2.36. The SMILES string of the molecule is C=CC(=O)N1CCc2c(C)c(-c3cc(OC(CO)C4CCOC4)c4c(OC)cnn4c3)nn2CC1. The Labute approximate surface area is 203 Å². The number of aromatic nitrogens is 4. The van der Waals surface area contributed by atoms with Crippen LogP contribution in [0.4, 0.5) is 0 Å². The molecule has 1 fully saturated rings. The molecule has 10 nitrogen and oxygen atoms in total. The van der Waals surface area contributed by atoms with Gasteiger partial charge in [-0.2, -0.15) is 10.2 Å². The van der Waals surface area contributed by atoms with Gasteiger partial charge in [0.1, 0.15) is 11.9 Å². The summed E-state index contributed by atoms with van der Waals surface area (Å²) < 4.78 is 21.1. The summed E-state index contributed by atoms with van der Waals surface area (Å²) in [6.07, 6.45) is 6.09. The van der Waals surface area contributed by atoms with Crippen LogP contribution in [0, 0.1) is 12.8 Å². The van der Waals surface area contributed by atoms with E-state index in [-0.39, 0.29) is 18.4 Å². The average Bonchev–Trinajstić information content (AvgIpc) is 3.58. The Kier molecular flexibility index (Phi) is 6.48. The summed E-state index contributed by atoms with van der Waals surface area (Å²) in [4.78, 5) is 13.9. The van der Waals surface area contributed by atoms with Crippen LogP contribution in [0.2, 0.25) is 0 Å². The van der Waals surface area contributed by atoms with Gasteiger partial charge in [0.2, 0.25) is 5.91 Å². The van der Waals surface area contributed by atoms with Crippen molar-refractivity contribution in [3.05, 3.63) is 42.4 Å². The molecule has 1 amide bonds. The lowest BCUT2D eigenvalue weighted by Crippen LogP contribution is -2.32. The number of carbonyl (C=O) groups excluding carboxylic acids is 1. The first-order chi connectivity index (χ1) is 17.0. The van der Waals surface area contributed by atoms with Gasteiger partial charge in [-0.05, 0) is 31.1 Å². The molecule has 0 aliphatic carbocycles. The van der Waals surface area contributed by atoms with Crippen molar-refractivity contribution in [2.45, 2.75) is 32.4 Å². The van der Waals surface area contributed by atoms with E-state index in [2.05, 4.69) is 18.6 Å². The third-order valence-electron chi connectivity index (χ3n) is 6.99. The second-order valence-electron chi connectivity index (χ2n) is 8.98. The molecule has 0 saturated carbocycles. The molecular weight excluding hydrogens is 450 g/mol. The zero-order valence-corrected chi connectivity index (χ0v) is 20.1. The minimum atomic E-state index is -0.399. The molecular formula is C25H31N5O5. The van der Waals surface area contributed by atoms with E-state index < -0.39 is 6.10 Å². The number of pyridine rings is 1. The van der Waals surface area contributed by atoms with E-state index in [9.17, 15) is 9.90 Å². The first kappa shape index (κ1) is 23.4. The Balaban J connectivity index is 1.52. The van der Waals surface area contributed by atoms with Crippen LogP contribution in [0.3, 0.4) is 0 Å². The van der Waals surface area contributed by atoms with Crippen molar-refractivity contribution in [1.82, 2.24) is 24.3 Å². The molecule has 5 heterocycles. The van der Waals surface area contributed by atoms with Crippen molar-refractivity contribution in [2.75, 3.05) is 40.0 Å². The van der Waals surface area contributed by atoms with Crippen molar-refractivity contribution >= 4 is 11.4 Å². The second kappa shape index (κ2) is 9.71. The zero-order chi connectivity index (χ0) is 24.5. The normalized spacial score (nSPS) is 18.8. The number of aliphatic hydroxyl groups excluding tert-OH is 1. The highest BCUT2D eigenvalue weighted by atomic mass is 16.5. The molecule has 2 unspecified atom stereocenters. The summed E-state index contributed by atoms with van der Waals surface area (Å²) in [6, 6.07) is 1.95. The molecule has 3 aromatic heterocycles. The van der Waals surface area contributed by atoms with Crippen LogP contribution in [0.1, 0.15) is 17.7 Å². The summed E-state index contributed by atoms with van der Waals surface area (Å²) in [5, 5.41) is 19.4. The van der Waals surface area contributed by atoms with Gasteiger partial charge in [-0.1, -0.05) is 6.58 Å². The molecule has 0 aromatic carbocycles. The fourth-order valence-electron chi connectivity index (χ4n) is 5.00. The number of hydrogen-bond donors (Lipinski definition) is 1. The van der Waals surface area contributed by atoms with Crippen molar-refractivity contribution in [3.8, 4) is 22.8 Å². The van der Waals surface area contributed by atoms with Gasteiger partial charge >= 0.3 is 0 Å². The quantitative estimate of drug-likeness (QED) is 0.514. The van der Waals surface area contributed by atoms with Gasteiger partial charge in [-0.15, -0.1) is 0 Å².